The molecule has 1 aromatic rings. The second-order valence-electron chi connectivity index (χ2n) is 5.24. The normalized spacial score (nSPS) is 20.1. The van der Waals surface area contributed by atoms with Crippen molar-refractivity contribution in [2.75, 3.05) is 6.54 Å². The molecule has 1 amide bonds. The van der Waals surface area contributed by atoms with Gasteiger partial charge < -0.3 is 10.0 Å². The number of hydrogen-bond donors (Lipinski definition) is 1. The largest absolute Gasteiger partial charge is 0.480 e. The first-order valence-corrected chi connectivity index (χ1v) is 6.90. The molecule has 4 nitrogen and oxygen atoms in total. The lowest BCUT2D eigenvalue weighted by Gasteiger charge is -2.34. The lowest BCUT2D eigenvalue weighted by Crippen LogP contribution is -2.49. The average molecular weight is 297 g/mol. The van der Waals surface area contributed by atoms with Gasteiger partial charge in [0.2, 0.25) is 5.91 Å². The minimum Gasteiger partial charge on any atom is -0.480 e. The van der Waals surface area contributed by atoms with Crippen molar-refractivity contribution >= 4 is 11.9 Å². The number of rotatable bonds is 3. The van der Waals surface area contributed by atoms with Crippen LogP contribution in [0.2, 0.25) is 0 Å². The predicted molar refractivity (Wildman–Crippen MR) is 71.8 cm³/mol. The van der Waals surface area contributed by atoms with E-state index in [9.17, 15) is 23.5 Å². The van der Waals surface area contributed by atoms with Crippen LogP contribution in [0.25, 0.3) is 0 Å². The standard InChI is InChI=1S/C15H17F2NO3/c1-9(13-10(16)5-4-6-11(13)17)14(19)18-8-3-2-7-12(18)15(20)21/h4-6,9,12H,2-3,7-8H2,1H3,(H,20,21). The maximum atomic E-state index is 13.8. The number of likely N-dealkylation sites (tertiary alicyclic amines) is 1. The molecule has 1 aromatic carbocycles. The molecule has 114 valence electrons. The van der Waals surface area contributed by atoms with Crippen LogP contribution in [-0.4, -0.2) is 34.5 Å². The summed E-state index contributed by atoms with van der Waals surface area (Å²) < 4.78 is 27.5. The van der Waals surface area contributed by atoms with Gasteiger partial charge in [-0.1, -0.05) is 6.07 Å². The van der Waals surface area contributed by atoms with Crippen molar-refractivity contribution in [1.29, 1.82) is 0 Å². The third-order valence-electron chi connectivity index (χ3n) is 3.87. The minimum absolute atomic E-state index is 0.302. The van der Waals surface area contributed by atoms with Crippen LogP contribution in [-0.2, 0) is 9.59 Å². The Bertz CT molecular complexity index is 542. The molecule has 1 N–H and O–H groups in total. The summed E-state index contributed by atoms with van der Waals surface area (Å²) >= 11 is 0. The van der Waals surface area contributed by atoms with Gasteiger partial charge in [-0.05, 0) is 38.3 Å². The van der Waals surface area contributed by atoms with Gasteiger partial charge in [-0.25, -0.2) is 13.6 Å². The third-order valence-corrected chi connectivity index (χ3v) is 3.87. The SMILES string of the molecule is CC(C(=O)N1CCCCC1C(=O)O)c1c(F)cccc1F. The second kappa shape index (κ2) is 6.20. The van der Waals surface area contributed by atoms with Crippen molar-refractivity contribution in [3.63, 3.8) is 0 Å². The van der Waals surface area contributed by atoms with E-state index in [1.54, 1.807) is 0 Å². The molecule has 21 heavy (non-hydrogen) atoms. The van der Waals surface area contributed by atoms with Crippen LogP contribution in [0.15, 0.2) is 18.2 Å². The number of aliphatic carboxylic acids is 1. The lowest BCUT2D eigenvalue weighted by molar-refractivity contribution is -0.152. The third kappa shape index (κ3) is 3.04. The monoisotopic (exact) mass is 297 g/mol. The topological polar surface area (TPSA) is 57.6 Å². The van der Waals surface area contributed by atoms with Gasteiger partial charge in [0, 0.05) is 12.1 Å². The maximum absolute atomic E-state index is 13.8. The van der Waals surface area contributed by atoms with E-state index in [0.717, 1.165) is 18.6 Å². The van der Waals surface area contributed by atoms with Crippen molar-refractivity contribution in [1.82, 2.24) is 4.90 Å². The van der Waals surface area contributed by atoms with E-state index in [-0.39, 0.29) is 5.56 Å². The Morgan fingerprint density at radius 2 is 1.90 bits per heavy atom. The van der Waals surface area contributed by atoms with E-state index in [1.165, 1.54) is 17.9 Å². The molecule has 0 aromatic heterocycles. The summed E-state index contributed by atoms with van der Waals surface area (Å²) in [5.74, 6) is -4.26. The van der Waals surface area contributed by atoms with Gasteiger partial charge in [-0.3, -0.25) is 4.79 Å². The van der Waals surface area contributed by atoms with E-state index in [2.05, 4.69) is 0 Å². The predicted octanol–water partition coefficient (Wildman–Crippen LogP) is 2.53. The van der Waals surface area contributed by atoms with Gasteiger partial charge in [0.15, 0.2) is 0 Å². The molecule has 0 bridgehead atoms. The summed E-state index contributed by atoms with van der Waals surface area (Å²) in [6, 6.07) is 2.50. The molecule has 0 aliphatic carbocycles. The fourth-order valence-electron chi connectivity index (χ4n) is 2.75. The number of carboxylic acids is 1. The smallest absolute Gasteiger partial charge is 0.326 e. The number of carboxylic acid groups (broad SMARTS) is 1. The Balaban J connectivity index is 2.28. The van der Waals surface area contributed by atoms with E-state index in [4.69, 9.17) is 0 Å². The van der Waals surface area contributed by atoms with Gasteiger partial charge >= 0.3 is 5.97 Å². The molecular formula is C15H17F2NO3. The molecule has 0 radical (unpaired) electrons. The number of carbonyl (C=O) groups is 2. The number of benzene rings is 1. The fraction of sp³-hybridized carbons (Fsp3) is 0.467. The number of nitrogens with zero attached hydrogens (tertiary/aromatic N) is 1. The van der Waals surface area contributed by atoms with Crippen molar-refractivity contribution < 1.29 is 23.5 Å². The van der Waals surface area contributed by atoms with Crippen LogP contribution in [0.1, 0.15) is 37.7 Å². The summed E-state index contributed by atoms with van der Waals surface area (Å²) in [7, 11) is 0. The van der Waals surface area contributed by atoms with Crippen molar-refractivity contribution in [2.45, 2.75) is 38.1 Å². The molecule has 2 unspecified atom stereocenters. The molecule has 1 saturated heterocycles. The van der Waals surface area contributed by atoms with E-state index >= 15 is 0 Å². The van der Waals surface area contributed by atoms with Crippen molar-refractivity contribution in [3.8, 4) is 0 Å². The van der Waals surface area contributed by atoms with E-state index in [1.807, 2.05) is 0 Å². The molecule has 1 aliphatic rings. The first kappa shape index (κ1) is 15.4. The number of amides is 1. The summed E-state index contributed by atoms with van der Waals surface area (Å²) in [5.41, 5.74) is -0.308. The molecule has 1 fully saturated rings. The van der Waals surface area contributed by atoms with Crippen LogP contribution < -0.4 is 0 Å². The first-order valence-electron chi connectivity index (χ1n) is 6.90. The van der Waals surface area contributed by atoms with Crippen LogP contribution in [0.4, 0.5) is 8.78 Å². The Morgan fingerprint density at radius 3 is 2.48 bits per heavy atom. The van der Waals surface area contributed by atoms with Crippen molar-refractivity contribution in [3.05, 3.63) is 35.4 Å². The number of halogens is 2. The summed E-state index contributed by atoms with van der Waals surface area (Å²) in [6.07, 6.45) is 1.79. The number of piperidine rings is 1. The van der Waals surface area contributed by atoms with Gasteiger partial charge in [0.25, 0.3) is 0 Å². The highest BCUT2D eigenvalue weighted by Gasteiger charge is 2.35. The maximum Gasteiger partial charge on any atom is 0.326 e. The summed E-state index contributed by atoms with van der Waals surface area (Å²) in [6.45, 7) is 1.70. The molecule has 2 atom stereocenters. The highest BCUT2D eigenvalue weighted by Crippen LogP contribution is 2.27. The van der Waals surface area contributed by atoms with E-state index in [0.29, 0.717) is 19.4 Å². The van der Waals surface area contributed by atoms with Crippen LogP contribution >= 0.6 is 0 Å². The fourth-order valence-corrected chi connectivity index (χ4v) is 2.75. The molecule has 6 heteroatoms. The lowest BCUT2D eigenvalue weighted by atomic mass is 9.95. The summed E-state index contributed by atoms with van der Waals surface area (Å²) in [5, 5.41) is 9.18. The van der Waals surface area contributed by atoms with Crippen LogP contribution in [0.3, 0.4) is 0 Å². The van der Waals surface area contributed by atoms with Crippen molar-refractivity contribution in [2.24, 2.45) is 0 Å². The minimum atomic E-state index is -1.08. The first-order chi connectivity index (χ1) is 9.93. The van der Waals surface area contributed by atoms with Gasteiger partial charge in [-0.15, -0.1) is 0 Å². The Hall–Kier alpha value is -1.98. The number of carbonyl (C=O) groups excluding carboxylic acids is 1. The Morgan fingerprint density at radius 1 is 1.29 bits per heavy atom. The Labute approximate surface area is 121 Å². The molecule has 2 rings (SSSR count). The van der Waals surface area contributed by atoms with Gasteiger partial charge in [0.05, 0.1) is 5.92 Å². The zero-order valence-corrected chi connectivity index (χ0v) is 11.7. The number of hydrogen-bond acceptors (Lipinski definition) is 2. The molecule has 1 aliphatic heterocycles. The zero-order chi connectivity index (χ0) is 15.6. The van der Waals surface area contributed by atoms with Crippen LogP contribution in [0.5, 0.6) is 0 Å². The second-order valence-corrected chi connectivity index (χ2v) is 5.24. The Kier molecular flexibility index (Phi) is 4.55. The highest BCUT2D eigenvalue weighted by atomic mass is 19.1. The average Bonchev–Trinajstić information content (AvgIpc) is 2.46. The van der Waals surface area contributed by atoms with E-state index < -0.39 is 35.5 Å². The van der Waals surface area contributed by atoms with Gasteiger partial charge in [-0.2, -0.15) is 0 Å². The van der Waals surface area contributed by atoms with Gasteiger partial charge in [0.1, 0.15) is 17.7 Å². The zero-order valence-electron chi connectivity index (χ0n) is 11.7. The highest BCUT2D eigenvalue weighted by molar-refractivity contribution is 5.88. The van der Waals surface area contributed by atoms with Crippen LogP contribution in [0, 0.1) is 11.6 Å². The molecular weight excluding hydrogens is 280 g/mol. The quantitative estimate of drug-likeness (QED) is 0.932. The molecule has 1 heterocycles. The summed E-state index contributed by atoms with van der Waals surface area (Å²) in [4.78, 5) is 24.9. The molecule has 0 saturated carbocycles. The molecule has 0 spiro atoms.